The topological polar surface area (TPSA) is 78.5 Å². The number of rotatable bonds is 5. The molecule has 0 atom stereocenters. The zero-order chi connectivity index (χ0) is 18.9. The molecule has 1 aromatic rings. The minimum atomic E-state index is -1.66. The Bertz CT molecular complexity index is 763. The van der Waals surface area contributed by atoms with E-state index < -0.39 is 40.6 Å². The Labute approximate surface area is 147 Å². The lowest BCUT2D eigenvalue weighted by atomic mass is 9.98. The summed E-state index contributed by atoms with van der Waals surface area (Å²) in [6, 6.07) is 1.17. The number of nitrogens with zero attached hydrogens (tertiary/aromatic N) is 1. The number of amides is 4. The summed E-state index contributed by atoms with van der Waals surface area (Å²) in [4.78, 5) is 37.4. The van der Waals surface area contributed by atoms with E-state index in [1.165, 1.54) is 0 Å². The van der Waals surface area contributed by atoms with Crippen LogP contribution < -0.4 is 10.6 Å². The number of nitrogens with one attached hydrogen (secondary N) is 2. The third kappa shape index (κ3) is 3.25. The van der Waals surface area contributed by atoms with Crippen LogP contribution in [0.2, 0.25) is 0 Å². The second-order valence-corrected chi connectivity index (χ2v) is 6.55. The molecule has 1 spiro atoms. The molecule has 1 heterocycles. The van der Waals surface area contributed by atoms with Crippen LogP contribution in [0, 0.1) is 17.5 Å². The van der Waals surface area contributed by atoms with Gasteiger partial charge in [-0.25, -0.2) is 18.0 Å². The van der Waals surface area contributed by atoms with E-state index in [0.717, 1.165) is 23.8 Å². The van der Waals surface area contributed by atoms with Crippen molar-refractivity contribution in [3.63, 3.8) is 0 Å². The van der Waals surface area contributed by atoms with Gasteiger partial charge in [0.2, 0.25) is 5.91 Å². The minimum absolute atomic E-state index is 0.0557. The number of hydrogen-bond acceptors (Lipinski definition) is 3. The molecule has 4 amide bonds. The van der Waals surface area contributed by atoms with E-state index >= 15 is 0 Å². The van der Waals surface area contributed by atoms with Crippen LogP contribution >= 0.6 is 0 Å². The van der Waals surface area contributed by atoms with Gasteiger partial charge in [-0.1, -0.05) is 12.8 Å². The molecule has 0 bridgehead atoms. The zero-order valence-electron chi connectivity index (χ0n) is 13.9. The Kier molecular flexibility index (Phi) is 4.88. The molecule has 1 aliphatic carbocycles. The number of benzene rings is 1. The summed E-state index contributed by atoms with van der Waals surface area (Å²) in [5.41, 5.74) is -1.26. The first kappa shape index (κ1) is 18.2. The summed E-state index contributed by atoms with van der Waals surface area (Å²) in [5.74, 6) is -5.39. The van der Waals surface area contributed by atoms with Crippen LogP contribution in [0.25, 0.3) is 0 Å². The first-order chi connectivity index (χ1) is 12.3. The summed E-state index contributed by atoms with van der Waals surface area (Å²) in [6.07, 6.45) is 3.05. The van der Waals surface area contributed by atoms with Crippen LogP contribution in [-0.4, -0.2) is 34.8 Å². The SMILES string of the molecule is O=C(CCCN1C(=O)NC2(CCCC2)C1=O)Nc1ccc(F)c(F)c1F. The van der Waals surface area contributed by atoms with E-state index in [4.69, 9.17) is 0 Å². The predicted molar refractivity (Wildman–Crippen MR) is 85.6 cm³/mol. The molecule has 1 saturated heterocycles. The van der Waals surface area contributed by atoms with Gasteiger partial charge in [-0.2, -0.15) is 0 Å². The quantitative estimate of drug-likeness (QED) is 0.619. The normalized spacial score (nSPS) is 18.5. The number of anilines is 1. The predicted octanol–water partition coefficient (Wildman–Crippen LogP) is 2.69. The molecule has 26 heavy (non-hydrogen) atoms. The summed E-state index contributed by atoms with van der Waals surface area (Å²) in [7, 11) is 0. The number of urea groups is 1. The van der Waals surface area contributed by atoms with Crippen molar-refractivity contribution in [2.75, 3.05) is 11.9 Å². The van der Waals surface area contributed by atoms with Crippen LogP contribution in [0.1, 0.15) is 38.5 Å². The molecule has 0 aromatic heterocycles. The zero-order valence-corrected chi connectivity index (χ0v) is 13.9. The van der Waals surface area contributed by atoms with Gasteiger partial charge in [0.25, 0.3) is 5.91 Å². The largest absolute Gasteiger partial charge is 0.325 e. The van der Waals surface area contributed by atoms with Crippen molar-refractivity contribution < 1.29 is 27.6 Å². The van der Waals surface area contributed by atoms with Crippen molar-refractivity contribution in [3.8, 4) is 0 Å². The summed E-state index contributed by atoms with van der Waals surface area (Å²) >= 11 is 0. The standard InChI is InChI=1S/C17H18F3N3O3/c18-10-5-6-11(14(20)13(10)19)21-12(24)4-3-9-23-15(25)17(22-16(23)26)7-1-2-8-17/h5-6H,1-4,7-9H2,(H,21,24)(H,22,26). The monoisotopic (exact) mass is 369 g/mol. The molecule has 140 valence electrons. The third-order valence-electron chi connectivity index (χ3n) is 4.80. The first-order valence-electron chi connectivity index (χ1n) is 8.41. The van der Waals surface area contributed by atoms with Crippen molar-refractivity contribution in [3.05, 3.63) is 29.6 Å². The van der Waals surface area contributed by atoms with Crippen molar-refractivity contribution in [2.45, 2.75) is 44.1 Å². The van der Waals surface area contributed by atoms with E-state index in [-0.39, 0.29) is 25.3 Å². The molecule has 2 fully saturated rings. The maximum absolute atomic E-state index is 13.5. The average molecular weight is 369 g/mol. The maximum Gasteiger partial charge on any atom is 0.325 e. The van der Waals surface area contributed by atoms with Gasteiger partial charge in [0.05, 0.1) is 5.69 Å². The van der Waals surface area contributed by atoms with Crippen molar-refractivity contribution in [1.29, 1.82) is 0 Å². The van der Waals surface area contributed by atoms with Crippen LogP contribution in [0.15, 0.2) is 12.1 Å². The Morgan fingerprint density at radius 1 is 1.15 bits per heavy atom. The van der Waals surface area contributed by atoms with Gasteiger partial charge in [-0.05, 0) is 31.4 Å². The van der Waals surface area contributed by atoms with Crippen LogP contribution in [0.5, 0.6) is 0 Å². The summed E-state index contributed by atoms with van der Waals surface area (Å²) in [5, 5.41) is 4.89. The molecular formula is C17H18F3N3O3. The molecule has 2 N–H and O–H groups in total. The fourth-order valence-electron chi connectivity index (χ4n) is 3.43. The van der Waals surface area contributed by atoms with Crippen LogP contribution in [-0.2, 0) is 9.59 Å². The second kappa shape index (κ2) is 6.97. The molecule has 1 aliphatic heterocycles. The van der Waals surface area contributed by atoms with Crippen LogP contribution in [0.3, 0.4) is 0 Å². The highest BCUT2D eigenvalue weighted by Gasteiger charge is 2.52. The minimum Gasteiger partial charge on any atom is -0.324 e. The Balaban J connectivity index is 1.52. The number of carbonyl (C=O) groups is 3. The van der Waals surface area contributed by atoms with Crippen molar-refractivity contribution >= 4 is 23.5 Å². The van der Waals surface area contributed by atoms with E-state index in [9.17, 15) is 27.6 Å². The maximum atomic E-state index is 13.5. The number of carbonyl (C=O) groups excluding carboxylic acids is 3. The highest BCUT2D eigenvalue weighted by molar-refractivity contribution is 6.07. The lowest BCUT2D eigenvalue weighted by molar-refractivity contribution is -0.131. The van der Waals surface area contributed by atoms with Gasteiger partial charge < -0.3 is 10.6 Å². The lowest BCUT2D eigenvalue weighted by Gasteiger charge is -2.19. The Morgan fingerprint density at radius 3 is 2.54 bits per heavy atom. The molecular weight excluding hydrogens is 351 g/mol. The molecule has 1 aromatic carbocycles. The van der Waals surface area contributed by atoms with E-state index in [1.54, 1.807) is 0 Å². The molecule has 0 radical (unpaired) electrons. The first-order valence-corrected chi connectivity index (χ1v) is 8.41. The second-order valence-electron chi connectivity index (χ2n) is 6.55. The van der Waals surface area contributed by atoms with Crippen molar-refractivity contribution in [1.82, 2.24) is 10.2 Å². The molecule has 3 rings (SSSR count). The smallest absolute Gasteiger partial charge is 0.324 e. The van der Waals surface area contributed by atoms with Gasteiger partial charge in [0, 0.05) is 13.0 Å². The van der Waals surface area contributed by atoms with Gasteiger partial charge in [-0.15, -0.1) is 0 Å². The lowest BCUT2D eigenvalue weighted by Crippen LogP contribution is -2.44. The molecule has 2 aliphatic rings. The van der Waals surface area contributed by atoms with E-state index in [2.05, 4.69) is 10.6 Å². The molecule has 9 heteroatoms. The van der Waals surface area contributed by atoms with E-state index in [1.807, 2.05) is 0 Å². The molecule has 1 saturated carbocycles. The number of halogens is 3. The highest BCUT2D eigenvalue weighted by Crippen LogP contribution is 2.35. The Morgan fingerprint density at radius 2 is 1.85 bits per heavy atom. The van der Waals surface area contributed by atoms with Gasteiger partial charge >= 0.3 is 6.03 Å². The average Bonchev–Trinajstić information content (AvgIpc) is 3.16. The fraction of sp³-hybridized carbons (Fsp3) is 0.471. The number of hydrogen-bond donors (Lipinski definition) is 2. The number of imide groups is 1. The van der Waals surface area contributed by atoms with Gasteiger partial charge in [0.15, 0.2) is 17.5 Å². The summed E-state index contributed by atoms with van der Waals surface area (Å²) in [6.45, 7) is 0.0557. The fourth-order valence-corrected chi connectivity index (χ4v) is 3.43. The molecule has 6 nitrogen and oxygen atoms in total. The summed E-state index contributed by atoms with van der Waals surface area (Å²) < 4.78 is 39.5. The van der Waals surface area contributed by atoms with Crippen molar-refractivity contribution in [2.24, 2.45) is 0 Å². The molecule has 0 unspecified atom stereocenters. The highest BCUT2D eigenvalue weighted by atomic mass is 19.2. The van der Waals surface area contributed by atoms with Gasteiger partial charge in [-0.3, -0.25) is 14.5 Å². The van der Waals surface area contributed by atoms with Crippen LogP contribution in [0.4, 0.5) is 23.7 Å². The van der Waals surface area contributed by atoms with Gasteiger partial charge in [0.1, 0.15) is 5.54 Å². The van der Waals surface area contributed by atoms with E-state index in [0.29, 0.717) is 18.9 Å². The Hall–Kier alpha value is -2.58. The third-order valence-corrected chi connectivity index (χ3v) is 4.80.